The summed E-state index contributed by atoms with van der Waals surface area (Å²) >= 11 is 0. The van der Waals surface area contributed by atoms with Gasteiger partial charge in [0.25, 0.3) is 0 Å². The van der Waals surface area contributed by atoms with Gasteiger partial charge < -0.3 is 19.9 Å². The van der Waals surface area contributed by atoms with Crippen LogP contribution in [0.25, 0.3) is 0 Å². The molecule has 0 amide bonds. The molecule has 0 aromatic carbocycles. The van der Waals surface area contributed by atoms with E-state index in [1.165, 1.54) is 0 Å². The van der Waals surface area contributed by atoms with Crippen LogP contribution in [0.3, 0.4) is 0 Å². The van der Waals surface area contributed by atoms with E-state index in [4.69, 9.17) is 14.6 Å². The van der Waals surface area contributed by atoms with E-state index < -0.39 is 9.28 Å². The Kier molecular flexibility index (Phi) is 10.6. The molecule has 0 aliphatic heterocycles. The van der Waals surface area contributed by atoms with E-state index in [1.807, 2.05) is 20.8 Å². The first-order valence-electron chi connectivity index (χ1n) is 5.92. The third-order valence-corrected chi connectivity index (χ3v) is 4.33. The fourth-order valence-corrected chi connectivity index (χ4v) is 3.15. The molecule has 4 nitrogen and oxygen atoms in total. The highest BCUT2D eigenvalue weighted by Gasteiger charge is 2.10. The van der Waals surface area contributed by atoms with Gasteiger partial charge in [-0.05, 0) is 39.8 Å². The van der Waals surface area contributed by atoms with Crippen LogP contribution in [0.15, 0.2) is 0 Å². The minimum absolute atomic E-state index is 0.0943. The van der Waals surface area contributed by atoms with Crippen molar-refractivity contribution in [2.24, 2.45) is 5.73 Å². The smallest absolute Gasteiger partial charge is 0.321 e. The summed E-state index contributed by atoms with van der Waals surface area (Å²) in [5.74, 6) is 0. The Morgan fingerprint density at radius 2 is 1.80 bits per heavy atom. The van der Waals surface area contributed by atoms with Crippen LogP contribution in [0.2, 0.25) is 6.04 Å². The van der Waals surface area contributed by atoms with Gasteiger partial charge in [-0.15, -0.1) is 0 Å². The van der Waals surface area contributed by atoms with E-state index >= 15 is 0 Å². The summed E-state index contributed by atoms with van der Waals surface area (Å²) in [4.78, 5) is 0. The van der Waals surface area contributed by atoms with Crippen LogP contribution in [0, 0.1) is 0 Å². The minimum Gasteiger partial charge on any atom is -0.397 e. The van der Waals surface area contributed by atoms with Gasteiger partial charge in [0, 0.05) is 13.2 Å². The average Bonchev–Trinajstić information content (AvgIpc) is 2.17. The standard InChI is InChI=1S/C10H26N2O2Si/c1-4-13-15(14-5-2)9-7-6-8-12-10(3)11/h10,12,15H,4-9,11H2,1-3H3. The first-order chi connectivity index (χ1) is 7.20. The van der Waals surface area contributed by atoms with Gasteiger partial charge in [0.15, 0.2) is 0 Å². The zero-order chi connectivity index (χ0) is 11.5. The topological polar surface area (TPSA) is 56.5 Å². The molecule has 0 saturated heterocycles. The second-order valence-electron chi connectivity index (χ2n) is 3.58. The molecule has 0 radical (unpaired) electrons. The monoisotopic (exact) mass is 234 g/mol. The Bertz CT molecular complexity index is 131. The molecule has 0 rings (SSSR count). The normalized spacial score (nSPS) is 13.4. The Hall–Kier alpha value is 0.0569. The van der Waals surface area contributed by atoms with Crippen LogP contribution < -0.4 is 11.1 Å². The zero-order valence-electron chi connectivity index (χ0n) is 10.3. The number of rotatable bonds is 10. The molecular formula is C10H26N2O2Si. The van der Waals surface area contributed by atoms with Gasteiger partial charge in [-0.2, -0.15) is 0 Å². The lowest BCUT2D eigenvalue weighted by molar-refractivity contribution is 0.212. The fraction of sp³-hybridized carbons (Fsp3) is 1.00. The minimum atomic E-state index is -1.36. The maximum atomic E-state index is 5.58. The summed E-state index contributed by atoms with van der Waals surface area (Å²) in [7, 11) is -1.36. The van der Waals surface area contributed by atoms with Crippen molar-refractivity contribution in [3.05, 3.63) is 0 Å². The molecule has 0 aromatic heterocycles. The molecule has 1 atom stereocenters. The van der Waals surface area contributed by atoms with Gasteiger partial charge in [-0.3, -0.25) is 0 Å². The lowest BCUT2D eigenvalue weighted by atomic mass is 10.3. The van der Waals surface area contributed by atoms with Crippen LogP contribution in [0.5, 0.6) is 0 Å². The van der Waals surface area contributed by atoms with E-state index in [-0.39, 0.29) is 6.17 Å². The summed E-state index contributed by atoms with van der Waals surface area (Å²) in [6.45, 7) is 8.53. The summed E-state index contributed by atoms with van der Waals surface area (Å²) in [6.07, 6.45) is 2.40. The van der Waals surface area contributed by atoms with Crippen molar-refractivity contribution < 1.29 is 8.85 Å². The maximum absolute atomic E-state index is 5.58. The van der Waals surface area contributed by atoms with E-state index in [2.05, 4.69) is 5.32 Å². The molecule has 0 aromatic rings. The molecule has 15 heavy (non-hydrogen) atoms. The van der Waals surface area contributed by atoms with Crippen LogP contribution >= 0.6 is 0 Å². The summed E-state index contributed by atoms with van der Waals surface area (Å²) in [5, 5.41) is 3.19. The molecule has 92 valence electrons. The van der Waals surface area contributed by atoms with E-state index in [0.29, 0.717) is 0 Å². The Balaban J connectivity index is 3.36. The van der Waals surface area contributed by atoms with Gasteiger partial charge >= 0.3 is 9.28 Å². The first-order valence-corrected chi connectivity index (χ1v) is 7.68. The van der Waals surface area contributed by atoms with Crippen molar-refractivity contribution in [1.29, 1.82) is 0 Å². The number of nitrogens with two attached hydrogens (primary N) is 1. The number of nitrogens with one attached hydrogen (secondary N) is 1. The van der Waals surface area contributed by atoms with Crippen LogP contribution in [-0.2, 0) is 8.85 Å². The van der Waals surface area contributed by atoms with Crippen molar-refractivity contribution in [3.63, 3.8) is 0 Å². The van der Waals surface area contributed by atoms with Gasteiger partial charge in [0.2, 0.25) is 0 Å². The lowest BCUT2D eigenvalue weighted by Gasteiger charge is -2.14. The second-order valence-corrected chi connectivity index (χ2v) is 5.68. The van der Waals surface area contributed by atoms with Gasteiger partial charge in [0.1, 0.15) is 0 Å². The van der Waals surface area contributed by atoms with Crippen molar-refractivity contribution >= 4 is 9.28 Å². The van der Waals surface area contributed by atoms with Crippen LogP contribution in [0.1, 0.15) is 33.6 Å². The molecule has 0 aliphatic rings. The van der Waals surface area contributed by atoms with Crippen molar-refractivity contribution in [1.82, 2.24) is 5.32 Å². The third-order valence-electron chi connectivity index (χ3n) is 2.04. The number of hydrogen-bond acceptors (Lipinski definition) is 4. The molecule has 0 saturated carbocycles. The Morgan fingerprint density at radius 1 is 1.20 bits per heavy atom. The highest BCUT2D eigenvalue weighted by Crippen LogP contribution is 2.04. The summed E-state index contributed by atoms with van der Waals surface area (Å²) in [6, 6.07) is 1.10. The van der Waals surface area contributed by atoms with Crippen molar-refractivity contribution in [3.8, 4) is 0 Å². The molecule has 0 aliphatic carbocycles. The maximum Gasteiger partial charge on any atom is 0.321 e. The second kappa shape index (κ2) is 10.6. The van der Waals surface area contributed by atoms with Crippen molar-refractivity contribution in [2.75, 3.05) is 19.8 Å². The fourth-order valence-electron chi connectivity index (χ4n) is 1.35. The molecule has 0 heterocycles. The Morgan fingerprint density at radius 3 is 2.27 bits per heavy atom. The van der Waals surface area contributed by atoms with Gasteiger partial charge in [0.05, 0.1) is 6.17 Å². The van der Waals surface area contributed by atoms with Crippen LogP contribution in [0.4, 0.5) is 0 Å². The SMILES string of the molecule is CCO[SiH](CCCCNC(C)N)OCC. The zero-order valence-corrected chi connectivity index (χ0v) is 11.4. The van der Waals surface area contributed by atoms with E-state index in [9.17, 15) is 0 Å². The third kappa shape index (κ3) is 10.3. The molecule has 0 fully saturated rings. The van der Waals surface area contributed by atoms with Gasteiger partial charge in [-0.1, -0.05) is 6.42 Å². The predicted molar refractivity (Wildman–Crippen MR) is 66.1 cm³/mol. The molecule has 3 N–H and O–H groups in total. The largest absolute Gasteiger partial charge is 0.397 e. The van der Waals surface area contributed by atoms with Crippen molar-refractivity contribution in [2.45, 2.75) is 45.8 Å². The number of unbranched alkanes of at least 4 members (excludes halogenated alkanes) is 1. The first kappa shape index (κ1) is 15.1. The summed E-state index contributed by atoms with van der Waals surface area (Å²) in [5.41, 5.74) is 5.58. The molecule has 0 bridgehead atoms. The Labute approximate surface area is 95.4 Å². The average molecular weight is 234 g/mol. The number of hydrogen-bond donors (Lipinski definition) is 2. The molecule has 5 heteroatoms. The van der Waals surface area contributed by atoms with E-state index in [0.717, 1.165) is 38.6 Å². The highest BCUT2D eigenvalue weighted by atomic mass is 28.3. The lowest BCUT2D eigenvalue weighted by Crippen LogP contribution is -2.34. The molecule has 0 spiro atoms. The molecule has 1 unspecified atom stereocenters. The summed E-state index contributed by atoms with van der Waals surface area (Å²) < 4.78 is 11.2. The highest BCUT2D eigenvalue weighted by molar-refractivity contribution is 6.44. The van der Waals surface area contributed by atoms with Gasteiger partial charge in [-0.25, -0.2) is 0 Å². The molecular weight excluding hydrogens is 208 g/mol. The quantitative estimate of drug-likeness (QED) is 0.336. The van der Waals surface area contributed by atoms with Crippen LogP contribution in [-0.4, -0.2) is 35.2 Å². The predicted octanol–water partition coefficient (Wildman–Crippen LogP) is 0.954. The van der Waals surface area contributed by atoms with E-state index in [1.54, 1.807) is 0 Å².